The number of nitrogens with two attached hydrogens (primary N) is 1. The molecule has 1 aliphatic heterocycles. The molecule has 17 heavy (non-hydrogen) atoms. The maximum Gasteiger partial charge on any atom is 0.196 e. The first-order chi connectivity index (χ1) is 8.16. The van der Waals surface area contributed by atoms with Crippen LogP contribution in [-0.4, -0.2) is 37.2 Å². The predicted molar refractivity (Wildman–Crippen MR) is 72.6 cm³/mol. The van der Waals surface area contributed by atoms with Gasteiger partial charge in [0.1, 0.15) is 0 Å². The fraction of sp³-hybridized carbons (Fsp3) is 0.417. The van der Waals surface area contributed by atoms with Crippen molar-refractivity contribution in [2.24, 2.45) is 10.7 Å². The molecule has 0 amide bonds. The Bertz CT molecular complexity index is 428. The van der Waals surface area contributed by atoms with Gasteiger partial charge in [-0.2, -0.15) is 0 Å². The first-order valence-corrected chi connectivity index (χ1v) is 6.39. The maximum absolute atomic E-state index is 5.98. The normalized spacial score (nSPS) is 17.3. The number of aryl methyl sites for hydroxylation is 1. The third-order valence-electron chi connectivity index (χ3n) is 2.72. The van der Waals surface area contributed by atoms with E-state index in [1.807, 2.05) is 30.0 Å². The van der Waals surface area contributed by atoms with Gasteiger partial charge >= 0.3 is 0 Å². The molecule has 0 unspecified atom stereocenters. The Labute approximate surface area is 110 Å². The summed E-state index contributed by atoms with van der Waals surface area (Å²) in [5.74, 6) is 0.565. The Morgan fingerprint density at radius 2 is 2.12 bits per heavy atom. The Balaban J connectivity index is 2.13. The van der Waals surface area contributed by atoms with Gasteiger partial charge in [0.05, 0.1) is 18.9 Å². The predicted octanol–water partition coefficient (Wildman–Crippen LogP) is 2.04. The van der Waals surface area contributed by atoms with E-state index >= 15 is 0 Å². The lowest BCUT2D eigenvalue weighted by Gasteiger charge is -2.27. The number of ether oxygens (including phenoxy) is 1. The maximum atomic E-state index is 5.98. The molecular formula is C12H16BrN3O. The van der Waals surface area contributed by atoms with Crippen molar-refractivity contribution in [2.75, 3.05) is 26.3 Å². The summed E-state index contributed by atoms with van der Waals surface area (Å²) in [4.78, 5) is 6.47. The molecule has 1 fully saturated rings. The number of rotatable bonds is 1. The Morgan fingerprint density at radius 1 is 1.41 bits per heavy atom. The van der Waals surface area contributed by atoms with Crippen molar-refractivity contribution in [1.82, 2.24) is 4.90 Å². The van der Waals surface area contributed by atoms with Crippen LogP contribution in [-0.2, 0) is 4.74 Å². The lowest BCUT2D eigenvalue weighted by atomic mass is 10.2. The lowest BCUT2D eigenvalue weighted by molar-refractivity contribution is 0.0675. The van der Waals surface area contributed by atoms with E-state index in [2.05, 4.69) is 20.9 Å². The molecule has 0 radical (unpaired) electrons. The summed E-state index contributed by atoms with van der Waals surface area (Å²) in [6, 6.07) is 5.95. The van der Waals surface area contributed by atoms with Crippen molar-refractivity contribution >= 4 is 27.6 Å². The number of halogens is 1. The standard InChI is InChI=1S/C12H16BrN3O/c1-9-8-10(2-3-11(9)13)15-12(14)16-4-6-17-7-5-16/h2-3,8H,4-7H2,1H3,(H2,14,15). The molecule has 1 heterocycles. The SMILES string of the molecule is Cc1cc(N=C(N)N2CCOCC2)ccc1Br. The van der Waals surface area contributed by atoms with Gasteiger partial charge in [-0.05, 0) is 30.7 Å². The van der Waals surface area contributed by atoms with Crippen molar-refractivity contribution in [1.29, 1.82) is 0 Å². The van der Waals surface area contributed by atoms with E-state index in [4.69, 9.17) is 10.5 Å². The first-order valence-electron chi connectivity index (χ1n) is 5.60. The summed E-state index contributed by atoms with van der Waals surface area (Å²) in [5, 5.41) is 0. The first kappa shape index (κ1) is 12.4. The molecule has 0 bridgehead atoms. The molecule has 2 rings (SSSR count). The van der Waals surface area contributed by atoms with Gasteiger partial charge in [-0.25, -0.2) is 4.99 Å². The van der Waals surface area contributed by atoms with Crippen LogP contribution in [0.2, 0.25) is 0 Å². The average molecular weight is 298 g/mol. The highest BCUT2D eigenvalue weighted by Crippen LogP contribution is 2.22. The molecule has 0 atom stereocenters. The van der Waals surface area contributed by atoms with Gasteiger partial charge in [0.25, 0.3) is 0 Å². The van der Waals surface area contributed by atoms with Crippen molar-refractivity contribution in [3.63, 3.8) is 0 Å². The van der Waals surface area contributed by atoms with Gasteiger partial charge in [-0.1, -0.05) is 15.9 Å². The average Bonchev–Trinajstić information content (AvgIpc) is 2.35. The summed E-state index contributed by atoms with van der Waals surface area (Å²) in [6.07, 6.45) is 0. The highest BCUT2D eigenvalue weighted by Gasteiger charge is 2.12. The summed E-state index contributed by atoms with van der Waals surface area (Å²) in [6.45, 7) is 5.09. The second-order valence-electron chi connectivity index (χ2n) is 4.00. The van der Waals surface area contributed by atoms with Crippen LogP contribution in [0.5, 0.6) is 0 Å². The summed E-state index contributed by atoms with van der Waals surface area (Å²) < 4.78 is 6.36. The van der Waals surface area contributed by atoms with E-state index < -0.39 is 0 Å². The zero-order valence-corrected chi connectivity index (χ0v) is 11.4. The molecule has 1 aromatic carbocycles. The molecule has 92 valence electrons. The van der Waals surface area contributed by atoms with Gasteiger partial charge in [-0.3, -0.25) is 0 Å². The number of morpholine rings is 1. The smallest absolute Gasteiger partial charge is 0.196 e. The van der Waals surface area contributed by atoms with E-state index in [9.17, 15) is 0 Å². The van der Waals surface area contributed by atoms with Crippen molar-refractivity contribution in [2.45, 2.75) is 6.92 Å². The molecule has 0 aliphatic carbocycles. The van der Waals surface area contributed by atoms with Crippen LogP contribution in [0.4, 0.5) is 5.69 Å². The van der Waals surface area contributed by atoms with E-state index in [-0.39, 0.29) is 0 Å². The third kappa shape index (κ3) is 3.20. The van der Waals surface area contributed by atoms with Crippen molar-refractivity contribution in [3.8, 4) is 0 Å². The van der Waals surface area contributed by atoms with Crippen molar-refractivity contribution < 1.29 is 4.74 Å². The third-order valence-corrected chi connectivity index (χ3v) is 3.61. The van der Waals surface area contributed by atoms with Crippen LogP contribution in [0.3, 0.4) is 0 Å². The number of guanidine groups is 1. The minimum atomic E-state index is 0.565. The van der Waals surface area contributed by atoms with Gasteiger partial charge < -0.3 is 15.4 Å². The molecule has 4 nitrogen and oxygen atoms in total. The Hall–Kier alpha value is -1.07. The van der Waals surface area contributed by atoms with Crippen LogP contribution in [0, 0.1) is 6.92 Å². The van der Waals surface area contributed by atoms with Crippen molar-refractivity contribution in [3.05, 3.63) is 28.2 Å². The zero-order chi connectivity index (χ0) is 12.3. The van der Waals surface area contributed by atoms with E-state index in [0.717, 1.165) is 42.0 Å². The highest BCUT2D eigenvalue weighted by atomic mass is 79.9. The quantitative estimate of drug-likeness (QED) is 0.637. The van der Waals surface area contributed by atoms with E-state index in [1.165, 1.54) is 0 Å². The number of hydrogen-bond acceptors (Lipinski definition) is 2. The monoisotopic (exact) mass is 297 g/mol. The van der Waals surface area contributed by atoms with Crippen LogP contribution >= 0.6 is 15.9 Å². The number of aliphatic imine (C=N–C) groups is 1. The van der Waals surface area contributed by atoms with Gasteiger partial charge in [0, 0.05) is 17.6 Å². The molecule has 2 N–H and O–H groups in total. The molecule has 1 saturated heterocycles. The lowest BCUT2D eigenvalue weighted by Crippen LogP contribution is -2.44. The van der Waals surface area contributed by atoms with Gasteiger partial charge in [-0.15, -0.1) is 0 Å². The van der Waals surface area contributed by atoms with Gasteiger partial charge in [0.15, 0.2) is 5.96 Å². The molecule has 0 aromatic heterocycles. The highest BCUT2D eigenvalue weighted by molar-refractivity contribution is 9.10. The summed E-state index contributed by atoms with van der Waals surface area (Å²) in [7, 11) is 0. The number of hydrogen-bond donors (Lipinski definition) is 1. The fourth-order valence-electron chi connectivity index (χ4n) is 1.69. The second kappa shape index (κ2) is 5.51. The molecule has 5 heteroatoms. The summed E-state index contributed by atoms with van der Waals surface area (Å²) >= 11 is 3.47. The minimum Gasteiger partial charge on any atom is -0.378 e. The largest absolute Gasteiger partial charge is 0.378 e. The zero-order valence-electron chi connectivity index (χ0n) is 9.82. The number of nitrogens with zero attached hydrogens (tertiary/aromatic N) is 2. The Morgan fingerprint density at radius 3 is 2.76 bits per heavy atom. The van der Waals surface area contributed by atoms with Crippen LogP contribution in [0.25, 0.3) is 0 Å². The molecule has 0 spiro atoms. The van der Waals surface area contributed by atoms with Crippen LogP contribution < -0.4 is 5.73 Å². The fourth-order valence-corrected chi connectivity index (χ4v) is 1.94. The van der Waals surface area contributed by atoms with E-state index in [0.29, 0.717) is 5.96 Å². The molecule has 1 aromatic rings. The molecular weight excluding hydrogens is 282 g/mol. The molecule has 1 aliphatic rings. The summed E-state index contributed by atoms with van der Waals surface area (Å²) in [5.41, 5.74) is 8.01. The number of benzene rings is 1. The second-order valence-corrected chi connectivity index (χ2v) is 4.86. The Kier molecular flexibility index (Phi) is 4.02. The molecule has 0 saturated carbocycles. The topological polar surface area (TPSA) is 50.8 Å². The van der Waals surface area contributed by atoms with Crippen LogP contribution in [0.1, 0.15) is 5.56 Å². The minimum absolute atomic E-state index is 0.565. The van der Waals surface area contributed by atoms with E-state index in [1.54, 1.807) is 0 Å². The van der Waals surface area contributed by atoms with Gasteiger partial charge in [0.2, 0.25) is 0 Å². The van der Waals surface area contributed by atoms with Crippen LogP contribution in [0.15, 0.2) is 27.7 Å².